The number of carbonyl (C=O) groups is 1. The third-order valence-electron chi connectivity index (χ3n) is 3.12. The molecule has 0 radical (unpaired) electrons. The average molecular weight is 181 g/mol. The van der Waals surface area contributed by atoms with Crippen LogP contribution in [-0.2, 0) is 4.79 Å². The summed E-state index contributed by atoms with van der Waals surface area (Å²) in [5.41, 5.74) is -0.222. The van der Waals surface area contributed by atoms with Crippen molar-refractivity contribution in [2.24, 2.45) is 11.3 Å². The molecule has 0 aromatic rings. The van der Waals surface area contributed by atoms with Crippen molar-refractivity contribution in [2.45, 2.75) is 19.3 Å². The molecule has 13 heavy (non-hydrogen) atoms. The van der Waals surface area contributed by atoms with Gasteiger partial charge in [-0.25, -0.2) is 0 Å². The van der Waals surface area contributed by atoms with Crippen molar-refractivity contribution in [3.63, 3.8) is 0 Å². The highest BCUT2D eigenvalue weighted by Gasteiger charge is 2.45. The van der Waals surface area contributed by atoms with Crippen LogP contribution >= 0.6 is 0 Å². The number of fused-ring (bicyclic) bond motifs is 2. The van der Waals surface area contributed by atoms with Gasteiger partial charge in [0.2, 0.25) is 5.91 Å². The fourth-order valence-electron chi connectivity index (χ4n) is 2.38. The lowest BCUT2D eigenvalue weighted by molar-refractivity contribution is -0.128. The predicted octanol–water partition coefficient (Wildman–Crippen LogP) is 0.451. The summed E-state index contributed by atoms with van der Waals surface area (Å²) < 4.78 is 0. The van der Waals surface area contributed by atoms with Crippen LogP contribution in [0.4, 0.5) is 0 Å². The van der Waals surface area contributed by atoms with Gasteiger partial charge in [0.1, 0.15) is 0 Å². The first-order valence-corrected chi connectivity index (χ1v) is 4.85. The molecule has 0 heterocycles. The second-order valence-corrected chi connectivity index (χ2v) is 4.00. The van der Waals surface area contributed by atoms with E-state index in [0.717, 1.165) is 19.3 Å². The van der Waals surface area contributed by atoms with Crippen molar-refractivity contribution in [1.82, 2.24) is 5.32 Å². The molecule has 2 aliphatic carbocycles. The van der Waals surface area contributed by atoms with Crippen molar-refractivity contribution in [2.75, 3.05) is 13.2 Å². The maximum absolute atomic E-state index is 11.7. The molecule has 2 N–H and O–H groups in total. The number of aliphatic hydroxyl groups is 1. The number of aliphatic hydroxyl groups excluding tert-OH is 1. The lowest BCUT2D eigenvalue weighted by Crippen LogP contribution is -2.38. The molecule has 2 unspecified atom stereocenters. The molecule has 2 rings (SSSR count). The molecule has 1 saturated carbocycles. The van der Waals surface area contributed by atoms with Crippen LogP contribution in [0.3, 0.4) is 0 Å². The van der Waals surface area contributed by atoms with Crippen LogP contribution in [0.25, 0.3) is 0 Å². The Kier molecular flexibility index (Phi) is 2.12. The van der Waals surface area contributed by atoms with Gasteiger partial charge in [0.25, 0.3) is 0 Å². The number of nitrogens with one attached hydrogen (secondary N) is 1. The van der Waals surface area contributed by atoms with Gasteiger partial charge in [-0.3, -0.25) is 4.79 Å². The molecule has 2 bridgehead atoms. The number of carbonyl (C=O) groups excluding carboxylic acids is 1. The van der Waals surface area contributed by atoms with Crippen LogP contribution in [0.5, 0.6) is 0 Å². The second kappa shape index (κ2) is 3.14. The van der Waals surface area contributed by atoms with Crippen LogP contribution in [0.1, 0.15) is 19.3 Å². The van der Waals surface area contributed by atoms with E-state index >= 15 is 0 Å². The van der Waals surface area contributed by atoms with E-state index in [1.807, 2.05) is 6.08 Å². The Bertz CT molecular complexity index is 249. The normalized spacial score (nSPS) is 35.3. The summed E-state index contributed by atoms with van der Waals surface area (Å²) in [6.07, 6.45) is 7.30. The molecule has 2 aliphatic rings. The van der Waals surface area contributed by atoms with E-state index in [1.165, 1.54) is 0 Å². The standard InChI is InChI=1S/C10H15NO2/c12-6-5-11-9(13)10-3-1-8(7-10)2-4-10/h1,3,8,12H,2,4-7H2,(H,11,13). The Hall–Kier alpha value is -0.830. The fraction of sp³-hybridized carbons (Fsp3) is 0.700. The van der Waals surface area contributed by atoms with Crippen molar-refractivity contribution in [1.29, 1.82) is 0 Å². The van der Waals surface area contributed by atoms with Crippen LogP contribution < -0.4 is 5.32 Å². The Balaban J connectivity index is 1.99. The highest BCUT2D eigenvalue weighted by molar-refractivity contribution is 5.85. The maximum atomic E-state index is 11.7. The first-order chi connectivity index (χ1) is 6.27. The van der Waals surface area contributed by atoms with Gasteiger partial charge in [0.15, 0.2) is 0 Å². The van der Waals surface area contributed by atoms with Gasteiger partial charge in [-0.05, 0) is 25.2 Å². The summed E-state index contributed by atoms with van der Waals surface area (Å²) in [7, 11) is 0. The van der Waals surface area contributed by atoms with Crippen LogP contribution in [-0.4, -0.2) is 24.2 Å². The minimum atomic E-state index is -0.222. The van der Waals surface area contributed by atoms with E-state index < -0.39 is 0 Å². The fourth-order valence-corrected chi connectivity index (χ4v) is 2.38. The number of hydrogen-bond acceptors (Lipinski definition) is 2. The van der Waals surface area contributed by atoms with Gasteiger partial charge < -0.3 is 10.4 Å². The second-order valence-electron chi connectivity index (χ2n) is 4.00. The maximum Gasteiger partial charge on any atom is 0.230 e. The van der Waals surface area contributed by atoms with Crippen molar-refractivity contribution < 1.29 is 9.90 Å². The third-order valence-corrected chi connectivity index (χ3v) is 3.12. The molecule has 0 aliphatic heterocycles. The van der Waals surface area contributed by atoms with Crippen LogP contribution in [0.2, 0.25) is 0 Å². The van der Waals surface area contributed by atoms with E-state index in [0.29, 0.717) is 12.5 Å². The molecule has 0 aromatic carbocycles. The summed E-state index contributed by atoms with van der Waals surface area (Å²) in [5.74, 6) is 0.720. The van der Waals surface area contributed by atoms with Crippen molar-refractivity contribution >= 4 is 5.91 Å². The first kappa shape index (κ1) is 8.75. The quantitative estimate of drug-likeness (QED) is 0.621. The summed E-state index contributed by atoms with van der Waals surface area (Å²) in [4.78, 5) is 11.7. The predicted molar refractivity (Wildman–Crippen MR) is 49.0 cm³/mol. The Morgan fingerprint density at radius 1 is 1.69 bits per heavy atom. The molecule has 0 spiro atoms. The zero-order valence-electron chi connectivity index (χ0n) is 7.62. The summed E-state index contributed by atoms with van der Waals surface area (Å²) in [6, 6.07) is 0. The largest absolute Gasteiger partial charge is 0.395 e. The number of hydrogen-bond donors (Lipinski definition) is 2. The topological polar surface area (TPSA) is 49.3 Å². The zero-order valence-corrected chi connectivity index (χ0v) is 7.62. The molecule has 3 heteroatoms. The summed E-state index contributed by atoms with van der Waals surface area (Å²) in [6.45, 7) is 0.397. The summed E-state index contributed by atoms with van der Waals surface area (Å²) in [5, 5.41) is 11.3. The molecule has 2 atom stereocenters. The van der Waals surface area contributed by atoms with E-state index in [4.69, 9.17) is 5.11 Å². The third kappa shape index (κ3) is 1.37. The molecule has 3 nitrogen and oxygen atoms in total. The zero-order chi connectivity index (χ0) is 9.31. The lowest BCUT2D eigenvalue weighted by Gasteiger charge is -2.21. The molecule has 1 amide bonds. The highest BCUT2D eigenvalue weighted by atomic mass is 16.3. The van der Waals surface area contributed by atoms with E-state index in [1.54, 1.807) is 0 Å². The van der Waals surface area contributed by atoms with E-state index in [2.05, 4.69) is 11.4 Å². The minimum Gasteiger partial charge on any atom is -0.395 e. The van der Waals surface area contributed by atoms with Gasteiger partial charge in [0.05, 0.1) is 12.0 Å². The molecule has 0 aromatic heterocycles. The number of allylic oxidation sites excluding steroid dienone is 1. The smallest absolute Gasteiger partial charge is 0.230 e. The van der Waals surface area contributed by atoms with Crippen molar-refractivity contribution in [3.8, 4) is 0 Å². The Morgan fingerprint density at radius 3 is 3.00 bits per heavy atom. The number of rotatable bonds is 3. The lowest BCUT2D eigenvalue weighted by atomic mass is 9.87. The SMILES string of the molecule is O=C(NCCO)C12C=CC(CC1)C2. The molecule has 1 fully saturated rings. The number of amides is 1. The molecule has 72 valence electrons. The van der Waals surface area contributed by atoms with Crippen molar-refractivity contribution in [3.05, 3.63) is 12.2 Å². The average Bonchev–Trinajstić information content (AvgIpc) is 2.74. The van der Waals surface area contributed by atoms with Gasteiger partial charge in [-0.2, -0.15) is 0 Å². The first-order valence-electron chi connectivity index (χ1n) is 4.85. The van der Waals surface area contributed by atoms with Gasteiger partial charge in [0, 0.05) is 6.54 Å². The molecular formula is C10H15NO2. The highest BCUT2D eigenvalue weighted by Crippen LogP contribution is 2.49. The van der Waals surface area contributed by atoms with E-state index in [9.17, 15) is 4.79 Å². The Labute approximate surface area is 77.8 Å². The summed E-state index contributed by atoms with van der Waals surface area (Å²) >= 11 is 0. The van der Waals surface area contributed by atoms with Gasteiger partial charge >= 0.3 is 0 Å². The minimum absolute atomic E-state index is 0.0228. The molecular weight excluding hydrogens is 166 g/mol. The Morgan fingerprint density at radius 2 is 2.54 bits per heavy atom. The van der Waals surface area contributed by atoms with Crippen LogP contribution in [0.15, 0.2) is 12.2 Å². The monoisotopic (exact) mass is 181 g/mol. The van der Waals surface area contributed by atoms with E-state index in [-0.39, 0.29) is 17.9 Å². The van der Waals surface area contributed by atoms with Gasteiger partial charge in [-0.1, -0.05) is 12.2 Å². The van der Waals surface area contributed by atoms with Crippen LogP contribution in [0, 0.1) is 11.3 Å². The van der Waals surface area contributed by atoms with Gasteiger partial charge in [-0.15, -0.1) is 0 Å². The molecule has 0 saturated heterocycles.